The second-order valence-corrected chi connectivity index (χ2v) is 8.49. The Morgan fingerprint density at radius 1 is 1.07 bits per heavy atom. The van der Waals surface area contributed by atoms with Gasteiger partial charge in [0.15, 0.2) is 0 Å². The fraction of sp³-hybridized carbons (Fsp3) is 0.524. The summed E-state index contributed by atoms with van der Waals surface area (Å²) in [5, 5.41) is 14.8. The van der Waals surface area contributed by atoms with E-state index < -0.39 is 0 Å². The monoisotopic (exact) mass is 415 g/mol. The lowest BCUT2D eigenvalue weighted by Crippen LogP contribution is -2.35. The number of hydrogen-bond acceptors (Lipinski definition) is 6. The summed E-state index contributed by atoms with van der Waals surface area (Å²) in [5.41, 5.74) is 1.85. The second-order valence-electron chi connectivity index (χ2n) is 7.43. The molecule has 0 unspecified atom stereocenters. The smallest absolute Gasteiger partial charge is 0.286 e. The van der Waals surface area contributed by atoms with Gasteiger partial charge in [-0.1, -0.05) is 41.9 Å². The molecule has 2 N–H and O–H groups in total. The normalized spacial score (nSPS) is 14.9. The average Bonchev–Trinajstić information content (AvgIpc) is 3.05. The van der Waals surface area contributed by atoms with Crippen LogP contribution in [0, 0.1) is 6.92 Å². The molecule has 1 saturated heterocycles. The molecule has 1 fully saturated rings. The highest BCUT2D eigenvalue weighted by Gasteiger charge is 2.14. The molecule has 2 aromatic rings. The molecule has 8 heteroatoms. The third-order valence-electron chi connectivity index (χ3n) is 4.99. The molecule has 0 bridgehead atoms. The largest absolute Gasteiger partial charge is 0.355 e. The summed E-state index contributed by atoms with van der Waals surface area (Å²) in [6, 6.07) is 7.58. The Balaban J connectivity index is 1.37. The molecule has 0 aliphatic carbocycles. The maximum absolute atomic E-state index is 12.3. The Hall–Kier alpha value is -2.32. The highest BCUT2D eigenvalue weighted by atomic mass is 32.1. The van der Waals surface area contributed by atoms with Gasteiger partial charge in [-0.25, -0.2) is 0 Å². The number of carbonyl (C=O) groups is 2. The van der Waals surface area contributed by atoms with Crippen LogP contribution >= 0.6 is 11.3 Å². The van der Waals surface area contributed by atoms with Gasteiger partial charge in [0.1, 0.15) is 5.01 Å². The van der Waals surface area contributed by atoms with Crippen LogP contribution in [0.25, 0.3) is 0 Å². The van der Waals surface area contributed by atoms with Gasteiger partial charge < -0.3 is 15.5 Å². The van der Waals surface area contributed by atoms with Crippen LogP contribution in [-0.4, -0.2) is 53.1 Å². The van der Waals surface area contributed by atoms with Crippen LogP contribution in [0.15, 0.2) is 24.3 Å². The lowest BCUT2D eigenvalue weighted by Gasteiger charge is -2.19. The minimum Gasteiger partial charge on any atom is -0.355 e. The van der Waals surface area contributed by atoms with Crippen molar-refractivity contribution in [3.8, 4) is 0 Å². The minimum absolute atomic E-state index is 0.0145. The third kappa shape index (κ3) is 7.21. The molecule has 1 aromatic heterocycles. The molecule has 1 aromatic carbocycles. The summed E-state index contributed by atoms with van der Waals surface area (Å²) < 4.78 is 0. The van der Waals surface area contributed by atoms with Gasteiger partial charge >= 0.3 is 0 Å². The number of benzene rings is 1. The Bertz CT molecular complexity index is 798. The highest BCUT2D eigenvalue weighted by Crippen LogP contribution is 2.15. The van der Waals surface area contributed by atoms with E-state index in [1.165, 1.54) is 37.0 Å². The van der Waals surface area contributed by atoms with E-state index in [1.54, 1.807) is 0 Å². The van der Waals surface area contributed by atoms with Gasteiger partial charge in [0, 0.05) is 31.6 Å². The van der Waals surface area contributed by atoms with Crippen LogP contribution < -0.4 is 10.6 Å². The predicted molar refractivity (Wildman–Crippen MR) is 115 cm³/mol. The van der Waals surface area contributed by atoms with E-state index in [0.717, 1.165) is 30.9 Å². The molecule has 2 heterocycles. The summed E-state index contributed by atoms with van der Waals surface area (Å²) in [5.74, 6) is -0.264. The molecule has 29 heavy (non-hydrogen) atoms. The van der Waals surface area contributed by atoms with Crippen molar-refractivity contribution in [2.45, 2.75) is 45.4 Å². The topological polar surface area (TPSA) is 87.2 Å². The van der Waals surface area contributed by atoms with Crippen molar-refractivity contribution in [3.63, 3.8) is 0 Å². The molecule has 0 atom stereocenters. The van der Waals surface area contributed by atoms with Gasteiger partial charge in [-0.15, -0.1) is 10.2 Å². The number of rotatable bonds is 8. The molecule has 0 radical (unpaired) electrons. The summed E-state index contributed by atoms with van der Waals surface area (Å²) in [6.45, 7) is 5.85. The molecule has 0 spiro atoms. The number of nitrogens with zero attached hydrogens (tertiary/aromatic N) is 3. The van der Waals surface area contributed by atoms with Gasteiger partial charge in [0.2, 0.25) is 10.9 Å². The van der Waals surface area contributed by atoms with Crippen molar-refractivity contribution in [3.05, 3.63) is 39.8 Å². The number of likely N-dealkylation sites (tertiary alicyclic amines) is 1. The van der Waals surface area contributed by atoms with E-state index in [0.29, 0.717) is 29.4 Å². The van der Waals surface area contributed by atoms with E-state index in [4.69, 9.17) is 0 Å². The van der Waals surface area contributed by atoms with Crippen molar-refractivity contribution >= 4 is 28.8 Å². The van der Waals surface area contributed by atoms with E-state index >= 15 is 0 Å². The zero-order chi connectivity index (χ0) is 20.5. The van der Waals surface area contributed by atoms with Crippen molar-refractivity contribution in [1.29, 1.82) is 0 Å². The Kier molecular flexibility index (Phi) is 8.13. The number of amides is 2. The summed E-state index contributed by atoms with van der Waals surface area (Å²) in [4.78, 5) is 26.8. The number of aromatic nitrogens is 2. The Labute approximate surface area is 175 Å². The van der Waals surface area contributed by atoms with Gasteiger partial charge in [-0.3, -0.25) is 9.59 Å². The lowest BCUT2D eigenvalue weighted by atomic mass is 10.2. The first-order valence-corrected chi connectivity index (χ1v) is 11.1. The van der Waals surface area contributed by atoms with Crippen LogP contribution in [0.2, 0.25) is 0 Å². The zero-order valence-electron chi connectivity index (χ0n) is 16.9. The van der Waals surface area contributed by atoms with Crippen LogP contribution in [0.3, 0.4) is 0 Å². The standard InChI is InChI=1S/C21H29N5O2S/c1-16-6-8-17(9-7-16)23-20(28)21-25-24-19(29-21)11-10-18(27)22-12-15-26-13-4-2-3-5-14-26/h6-9H,2-5,10-15H2,1H3,(H,22,27)(H,23,28). The molecule has 7 nitrogen and oxygen atoms in total. The summed E-state index contributed by atoms with van der Waals surface area (Å²) in [6.07, 6.45) is 5.99. The van der Waals surface area contributed by atoms with Crippen molar-refractivity contribution in [1.82, 2.24) is 20.4 Å². The molecular formula is C21H29N5O2S. The molecule has 1 aliphatic rings. The second kappa shape index (κ2) is 11.0. The maximum Gasteiger partial charge on any atom is 0.286 e. The quantitative estimate of drug-likeness (QED) is 0.692. The Morgan fingerprint density at radius 3 is 2.52 bits per heavy atom. The van der Waals surface area contributed by atoms with Gasteiger partial charge in [0.25, 0.3) is 5.91 Å². The minimum atomic E-state index is -0.278. The predicted octanol–water partition coefficient (Wildman–Crippen LogP) is 3.02. The summed E-state index contributed by atoms with van der Waals surface area (Å²) >= 11 is 1.23. The Morgan fingerprint density at radius 2 is 1.79 bits per heavy atom. The number of carbonyl (C=O) groups excluding carboxylic acids is 2. The maximum atomic E-state index is 12.3. The van der Waals surface area contributed by atoms with Crippen LogP contribution in [-0.2, 0) is 11.2 Å². The molecule has 1 aliphatic heterocycles. The van der Waals surface area contributed by atoms with Crippen LogP contribution in [0.1, 0.15) is 52.5 Å². The van der Waals surface area contributed by atoms with E-state index in [-0.39, 0.29) is 11.8 Å². The summed E-state index contributed by atoms with van der Waals surface area (Å²) in [7, 11) is 0. The molecule has 2 amide bonds. The zero-order valence-corrected chi connectivity index (χ0v) is 17.8. The number of aryl methyl sites for hydroxylation is 2. The van der Waals surface area contributed by atoms with Crippen molar-refractivity contribution < 1.29 is 9.59 Å². The fourth-order valence-electron chi connectivity index (χ4n) is 3.29. The number of nitrogens with one attached hydrogen (secondary N) is 2. The van der Waals surface area contributed by atoms with Gasteiger partial charge in [-0.05, 0) is 45.0 Å². The molecule has 0 saturated carbocycles. The number of hydrogen-bond donors (Lipinski definition) is 2. The van der Waals surface area contributed by atoms with Crippen molar-refractivity contribution in [2.75, 3.05) is 31.5 Å². The van der Waals surface area contributed by atoms with Gasteiger partial charge in [0.05, 0.1) is 0 Å². The highest BCUT2D eigenvalue weighted by molar-refractivity contribution is 7.13. The van der Waals surface area contributed by atoms with E-state index in [2.05, 4.69) is 25.7 Å². The SMILES string of the molecule is Cc1ccc(NC(=O)c2nnc(CCC(=O)NCCN3CCCCCC3)s2)cc1. The number of anilines is 1. The first-order valence-electron chi connectivity index (χ1n) is 10.3. The average molecular weight is 416 g/mol. The first kappa shape index (κ1) is 21.4. The van der Waals surface area contributed by atoms with Crippen LogP contribution in [0.5, 0.6) is 0 Å². The van der Waals surface area contributed by atoms with Crippen LogP contribution in [0.4, 0.5) is 5.69 Å². The first-order chi connectivity index (χ1) is 14.1. The van der Waals surface area contributed by atoms with Gasteiger partial charge in [-0.2, -0.15) is 0 Å². The molecule has 156 valence electrons. The van der Waals surface area contributed by atoms with E-state index in [1.807, 2.05) is 31.2 Å². The van der Waals surface area contributed by atoms with E-state index in [9.17, 15) is 9.59 Å². The van der Waals surface area contributed by atoms with Crippen molar-refractivity contribution in [2.24, 2.45) is 0 Å². The molecule has 3 rings (SSSR count). The molecular weight excluding hydrogens is 386 g/mol. The fourth-order valence-corrected chi connectivity index (χ4v) is 4.02. The lowest BCUT2D eigenvalue weighted by molar-refractivity contribution is -0.121. The third-order valence-corrected chi connectivity index (χ3v) is 5.97.